The van der Waals surface area contributed by atoms with Crippen molar-refractivity contribution in [2.24, 2.45) is 0 Å². The fraction of sp³-hybridized carbons (Fsp3) is 1.00. The van der Waals surface area contributed by atoms with Crippen LogP contribution >= 0.6 is 0 Å². The van der Waals surface area contributed by atoms with Gasteiger partial charge in [0.15, 0.2) is 0 Å². The van der Waals surface area contributed by atoms with Crippen LogP contribution in [-0.4, -0.2) is 50.0 Å². The molecule has 13 heavy (non-hydrogen) atoms. The summed E-state index contributed by atoms with van der Waals surface area (Å²) in [6.07, 6.45) is 0.661. The average Bonchev–Trinajstić information content (AvgIpc) is 2.04. The molecule has 3 heteroatoms. The Bertz CT molecular complexity index is 133. The zero-order valence-corrected chi connectivity index (χ0v) is 8.95. The van der Waals surface area contributed by atoms with E-state index in [0.29, 0.717) is 12.2 Å². The molecule has 1 fully saturated rings. The van der Waals surface area contributed by atoms with E-state index in [0.717, 1.165) is 32.8 Å². The summed E-state index contributed by atoms with van der Waals surface area (Å²) in [6, 6.07) is 0. The molecular weight excluding hydrogens is 166 g/mol. The van der Waals surface area contributed by atoms with Gasteiger partial charge in [-0.15, -0.1) is 0 Å². The van der Waals surface area contributed by atoms with Crippen LogP contribution in [0.2, 0.25) is 0 Å². The van der Waals surface area contributed by atoms with E-state index in [1.54, 1.807) is 0 Å². The van der Waals surface area contributed by atoms with Gasteiger partial charge in [0, 0.05) is 19.6 Å². The van der Waals surface area contributed by atoms with E-state index in [1.165, 1.54) is 0 Å². The summed E-state index contributed by atoms with van der Waals surface area (Å²) >= 11 is 0. The van der Waals surface area contributed by atoms with Crippen LogP contribution in [0.5, 0.6) is 0 Å². The number of hydrogen-bond acceptors (Lipinski definition) is 3. The van der Waals surface area contributed by atoms with Gasteiger partial charge in [-0.2, -0.15) is 0 Å². The summed E-state index contributed by atoms with van der Waals surface area (Å²) in [5.41, 5.74) is 0. The molecule has 1 saturated heterocycles. The Balaban J connectivity index is 2.14. The van der Waals surface area contributed by atoms with Gasteiger partial charge in [0.1, 0.15) is 0 Å². The second-order valence-corrected chi connectivity index (χ2v) is 3.91. The molecule has 1 atom stereocenters. The van der Waals surface area contributed by atoms with Gasteiger partial charge in [0.05, 0.1) is 25.4 Å². The van der Waals surface area contributed by atoms with Crippen LogP contribution in [0.25, 0.3) is 0 Å². The van der Waals surface area contributed by atoms with E-state index in [9.17, 15) is 0 Å². The standard InChI is InChI=1S/C10H21NO2/c1-9(2)13-10(3)8-11-4-6-12-7-5-11/h9-10H,4-8H2,1-3H3. The maximum absolute atomic E-state index is 5.67. The fourth-order valence-corrected chi connectivity index (χ4v) is 1.65. The average molecular weight is 187 g/mol. The lowest BCUT2D eigenvalue weighted by molar-refractivity contribution is -0.0261. The number of ether oxygens (including phenoxy) is 2. The van der Waals surface area contributed by atoms with Crippen LogP contribution in [0.4, 0.5) is 0 Å². The van der Waals surface area contributed by atoms with Gasteiger partial charge in [-0.05, 0) is 20.8 Å². The van der Waals surface area contributed by atoms with E-state index in [2.05, 4.69) is 25.7 Å². The highest BCUT2D eigenvalue weighted by Gasteiger charge is 2.14. The van der Waals surface area contributed by atoms with E-state index in [1.807, 2.05) is 0 Å². The Morgan fingerprint density at radius 2 is 1.85 bits per heavy atom. The monoisotopic (exact) mass is 187 g/mol. The molecule has 0 N–H and O–H groups in total. The van der Waals surface area contributed by atoms with Crippen LogP contribution in [0, 0.1) is 0 Å². The predicted octanol–water partition coefficient (Wildman–Crippen LogP) is 1.13. The molecule has 0 aliphatic carbocycles. The largest absolute Gasteiger partial charge is 0.379 e. The van der Waals surface area contributed by atoms with Crippen LogP contribution < -0.4 is 0 Å². The topological polar surface area (TPSA) is 21.7 Å². The molecule has 0 radical (unpaired) electrons. The molecular formula is C10H21NO2. The molecule has 0 spiro atoms. The lowest BCUT2D eigenvalue weighted by atomic mass is 10.3. The van der Waals surface area contributed by atoms with Gasteiger partial charge < -0.3 is 9.47 Å². The first-order valence-electron chi connectivity index (χ1n) is 5.14. The minimum absolute atomic E-state index is 0.330. The Morgan fingerprint density at radius 1 is 1.23 bits per heavy atom. The first kappa shape index (κ1) is 11.0. The van der Waals surface area contributed by atoms with Crippen molar-refractivity contribution in [3.8, 4) is 0 Å². The summed E-state index contributed by atoms with van der Waals surface area (Å²) < 4.78 is 11.0. The summed E-state index contributed by atoms with van der Waals surface area (Å²) in [6.45, 7) is 11.2. The molecule has 0 aromatic heterocycles. The molecule has 0 aromatic carbocycles. The predicted molar refractivity (Wildman–Crippen MR) is 52.9 cm³/mol. The number of rotatable bonds is 4. The third-order valence-electron chi connectivity index (χ3n) is 2.12. The van der Waals surface area contributed by atoms with Gasteiger partial charge in [-0.25, -0.2) is 0 Å². The van der Waals surface area contributed by atoms with Crippen LogP contribution in [0.1, 0.15) is 20.8 Å². The van der Waals surface area contributed by atoms with Gasteiger partial charge in [0.2, 0.25) is 0 Å². The van der Waals surface area contributed by atoms with Crippen molar-refractivity contribution in [1.29, 1.82) is 0 Å². The molecule has 1 aliphatic heterocycles. The minimum atomic E-state index is 0.330. The summed E-state index contributed by atoms with van der Waals surface area (Å²) in [5.74, 6) is 0. The highest BCUT2D eigenvalue weighted by Crippen LogP contribution is 2.03. The van der Waals surface area contributed by atoms with Crippen molar-refractivity contribution in [1.82, 2.24) is 4.90 Å². The van der Waals surface area contributed by atoms with Crippen LogP contribution in [0.3, 0.4) is 0 Å². The van der Waals surface area contributed by atoms with E-state index < -0.39 is 0 Å². The van der Waals surface area contributed by atoms with Crippen molar-refractivity contribution in [2.75, 3.05) is 32.8 Å². The van der Waals surface area contributed by atoms with E-state index in [4.69, 9.17) is 9.47 Å². The highest BCUT2D eigenvalue weighted by atomic mass is 16.5. The van der Waals surface area contributed by atoms with Crippen molar-refractivity contribution >= 4 is 0 Å². The molecule has 1 unspecified atom stereocenters. The zero-order valence-electron chi connectivity index (χ0n) is 8.95. The van der Waals surface area contributed by atoms with Crippen LogP contribution in [-0.2, 0) is 9.47 Å². The summed E-state index contributed by atoms with van der Waals surface area (Å²) in [7, 11) is 0. The third-order valence-corrected chi connectivity index (χ3v) is 2.12. The second kappa shape index (κ2) is 5.58. The summed E-state index contributed by atoms with van der Waals surface area (Å²) in [5, 5.41) is 0. The minimum Gasteiger partial charge on any atom is -0.379 e. The van der Waals surface area contributed by atoms with Crippen molar-refractivity contribution in [3.05, 3.63) is 0 Å². The molecule has 0 aromatic rings. The zero-order chi connectivity index (χ0) is 9.68. The Hall–Kier alpha value is -0.120. The lowest BCUT2D eigenvalue weighted by Crippen LogP contribution is -2.41. The molecule has 78 valence electrons. The molecule has 1 heterocycles. The number of nitrogens with zero attached hydrogens (tertiary/aromatic N) is 1. The lowest BCUT2D eigenvalue weighted by Gasteiger charge is -2.29. The first-order valence-corrected chi connectivity index (χ1v) is 5.14. The second-order valence-electron chi connectivity index (χ2n) is 3.91. The maximum atomic E-state index is 5.67. The van der Waals surface area contributed by atoms with Crippen molar-refractivity contribution in [2.45, 2.75) is 33.0 Å². The molecule has 1 rings (SSSR count). The quantitative estimate of drug-likeness (QED) is 0.658. The van der Waals surface area contributed by atoms with Crippen molar-refractivity contribution < 1.29 is 9.47 Å². The smallest absolute Gasteiger partial charge is 0.0677 e. The first-order chi connectivity index (χ1) is 6.18. The number of morpholine rings is 1. The molecule has 1 aliphatic rings. The van der Waals surface area contributed by atoms with Crippen molar-refractivity contribution in [3.63, 3.8) is 0 Å². The van der Waals surface area contributed by atoms with E-state index >= 15 is 0 Å². The fourth-order valence-electron chi connectivity index (χ4n) is 1.65. The molecule has 3 nitrogen and oxygen atoms in total. The van der Waals surface area contributed by atoms with Gasteiger partial charge >= 0.3 is 0 Å². The van der Waals surface area contributed by atoms with Gasteiger partial charge in [-0.3, -0.25) is 4.90 Å². The highest BCUT2D eigenvalue weighted by molar-refractivity contribution is 4.65. The summed E-state index contributed by atoms with van der Waals surface area (Å²) in [4.78, 5) is 2.40. The van der Waals surface area contributed by atoms with Gasteiger partial charge in [-0.1, -0.05) is 0 Å². The maximum Gasteiger partial charge on any atom is 0.0677 e. The Morgan fingerprint density at radius 3 is 2.38 bits per heavy atom. The van der Waals surface area contributed by atoms with E-state index in [-0.39, 0.29) is 0 Å². The third kappa shape index (κ3) is 4.60. The molecule has 0 amide bonds. The Kier molecular flexibility index (Phi) is 4.70. The molecule has 0 bridgehead atoms. The molecule has 0 saturated carbocycles. The SMILES string of the molecule is CC(C)OC(C)CN1CCOCC1. The normalized spacial score (nSPS) is 22.2. The Labute approximate surface area is 81.0 Å². The van der Waals surface area contributed by atoms with Crippen LogP contribution in [0.15, 0.2) is 0 Å². The van der Waals surface area contributed by atoms with Gasteiger partial charge in [0.25, 0.3) is 0 Å². The number of hydrogen-bond donors (Lipinski definition) is 0.